The molecule has 1 fully saturated rings. The number of fused-ring (bicyclic) bond motifs is 1. The van der Waals surface area contributed by atoms with Crippen molar-refractivity contribution in [2.75, 3.05) is 45.8 Å². The lowest BCUT2D eigenvalue weighted by molar-refractivity contribution is 0.243. The standard InChI is InChI=1S/C18H29N3/c19-9-12-20-10-4-11-21(14-13-20)15-17-7-3-6-16-5-1-2-8-18(16)17/h1-2,5,8,17H,3-4,6-7,9-15,19H2. The molecule has 0 radical (unpaired) electrons. The van der Waals surface area contributed by atoms with Crippen LogP contribution in [0.15, 0.2) is 24.3 Å². The Morgan fingerprint density at radius 1 is 1.00 bits per heavy atom. The molecule has 1 aliphatic heterocycles. The van der Waals surface area contributed by atoms with Gasteiger partial charge in [0.05, 0.1) is 0 Å². The van der Waals surface area contributed by atoms with Crippen molar-refractivity contribution in [1.82, 2.24) is 9.80 Å². The number of rotatable bonds is 4. The zero-order chi connectivity index (χ0) is 14.5. The van der Waals surface area contributed by atoms with Gasteiger partial charge in [-0.15, -0.1) is 0 Å². The monoisotopic (exact) mass is 287 g/mol. The van der Waals surface area contributed by atoms with E-state index in [1.54, 1.807) is 11.1 Å². The van der Waals surface area contributed by atoms with E-state index < -0.39 is 0 Å². The number of hydrogen-bond acceptors (Lipinski definition) is 3. The van der Waals surface area contributed by atoms with Gasteiger partial charge in [-0.05, 0) is 55.8 Å². The van der Waals surface area contributed by atoms with Crippen molar-refractivity contribution >= 4 is 0 Å². The highest BCUT2D eigenvalue weighted by Crippen LogP contribution is 2.32. The lowest BCUT2D eigenvalue weighted by Gasteiger charge is -2.31. The minimum Gasteiger partial charge on any atom is -0.329 e. The van der Waals surface area contributed by atoms with Crippen LogP contribution in [0.4, 0.5) is 0 Å². The summed E-state index contributed by atoms with van der Waals surface area (Å²) < 4.78 is 0. The number of nitrogens with zero attached hydrogens (tertiary/aromatic N) is 2. The van der Waals surface area contributed by atoms with E-state index in [9.17, 15) is 0 Å². The molecule has 1 aliphatic carbocycles. The van der Waals surface area contributed by atoms with Gasteiger partial charge in [0.2, 0.25) is 0 Å². The van der Waals surface area contributed by atoms with Crippen molar-refractivity contribution in [2.45, 2.75) is 31.6 Å². The highest BCUT2D eigenvalue weighted by Gasteiger charge is 2.23. The highest BCUT2D eigenvalue weighted by molar-refractivity contribution is 5.32. The Labute approximate surface area is 129 Å². The van der Waals surface area contributed by atoms with Crippen molar-refractivity contribution in [2.24, 2.45) is 5.73 Å². The first-order chi connectivity index (χ1) is 10.4. The minimum absolute atomic E-state index is 0.746. The van der Waals surface area contributed by atoms with Crippen molar-refractivity contribution in [1.29, 1.82) is 0 Å². The fourth-order valence-electron chi connectivity index (χ4n) is 3.97. The van der Waals surface area contributed by atoms with Gasteiger partial charge in [0.1, 0.15) is 0 Å². The summed E-state index contributed by atoms with van der Waals surface area (Å²) >= 11 is 0. The van der Waals surface area contributed by atoms with Crippen molar-refractivity contribution in [3.05, 3.63) is 35.4 Å². The predicted octanol–water partition coefficient (Wildman–Crippen LogP) is 2.07. The topological polar surface area (TPSA) is 32.5 Å². The van der Waals surface area contributed by atoms with Crippen LogP contribution in [0.25, 0.3) is 0 Å². The molecule has 0 amide bonds. The molecule has 1 heterocycles. The van der Waals surface area contributed by atoms with E-state index >= 15 is 0 Å². The van der Waals surface area contributed by atoms with E-state index in [1.165, 1.54) is 58.4 Å². The Balaban J connectivity index is 1.60. The summed E-state index contributed by atoms with van der Waals surface area (Å²) in [6.07, 6.45) is 5.28. The lowest BCUT2D eigenvalue weighted by atomic mass is 9.82. The second-order valence-electron chi connectivity index (χ2n) is 6.57. The maximum absolute atomic E-state index is 5.69. The van der Waals surface area contributed by atoms with Gasteiger partial charge in [0.25, 0.3) is 0 Å². The average Bonchev–Trinajstić information content (AvgIpc) is 2.74. The summed E-state index contributed by atoms with van der Waals surface area (Å²) in [7, 11) is 0. The van der Waals surface area contributed by atoms with Crippen LogP contribution in [0.2, 0.25) is 0 Å². The number of hydrogen-bond donors (Lipinski definition) is 1. The third-order valence-electron chi connectivity index (χ3n) is 5.10. The highest BCUT2D eigenvalue weighted by atomic mass is 15.2. The van der Waals surface area contributed by atoms with Crippen molar-refractivity contribution in [3.63, 3.8) is 0 Å². The van der Waals surface area contributed by atoms with E-state index in [-0.39, 0.29) is 0 Å². The van der Waals surface area contributed by atoms with Crippen LogP contribution in [-0.2, 0) is 6.42 Å². The average molecular weight is 287 g/mol. The summed E-state index contributed by atoms with van der Waals surface area (Å²) in [5.41, 5.74) is 8.90. The van der Waals surface area contributed by atoms with Crippen LogP contribution < -0.4 is 5.73 Å². The molecule has 3 rings (SSSR count). The van der Waals surface area contributed by atoms with Gasteiger partial charge < -0.3 is 15.5 Å². The van der Waals surface area contributed by atoms with Gasteiger partial charge in [-0.2, -0.15) is 0 Å². The smallest absolute Gasteiger partial charge is 0.0110 e. The third-order valence-corrected chi connectivity index (χ3v) is 5.10. The maximum Gasteiger partial charge on any atom is 0.0110 e. The Morgan fingerprint density at radius 2 is 1.81 bits per heavy atom. The molecule has 1 aromatic carbocycles. The second kappa shape index (κ2) is 7.39. The molecule has 0 saturated carbocycles. The maximum atomic E-state index is 5.69. The molecule has 0 spiro atoms. The molecule has 1 unspecified atom stereocenters. The fraction of sp³-hybridized carbons (Fsp3) is 0.667. The van der Waals surface area contributed by atoms with E-state index in [0.717, 1.165) is 19.0 Å². The van der Waals surface area contributed by atoms with E-state index in [2.05, 4.69) is 34.1 Å². The van der Waals surface area contributed by atoms with E-state index in [0.29, 0.717) is 0 Å². The SMILES string of the molecule is NCCN1CCCN(CC2CCCc3ccccc32)CC1. The van der Waals surface area contributed by atoms with E-state index in [4.69, 9.17) is 5.73 Å². The Morgan fingerprint density at radius 3 is 2.71 bits per heavy atom. The van der Waals surface area contributed by atoms with E-state index in [1.807, 2.05) is 0 Å². The Kier molecular flexibility index (Phi) is 5.28. The van der Waals surface area contributed by atoms with Gasteiger partial charge in [-0.1, -0.05) is 24.3 Å². The zero-order valence-corrected chi connectivity index (χ0v) is 13.1. The molecule has 3 heteroatoms. The van der Waals surface area contributed by atoms with Crippen LogP contribution in [0.1, 0.15) is 36.3 Å². The summed E-state index contributed by atoms with van der Waals surface area (Å²) in [5, 5.41) is 0. The van der Waals surface area contributed by atoms with Gasteiger partial charge in [0.15, 0.2) is 0 Å². The van der Waals surface area contributed by atoms with Gasteiger partial charge in [-0.25, -0.2) is 0 Å². The molecule has 21 heavy (non-hydrogen) atoms. The summed E-state index contributed by atoms with van der Waals surface area (Å²) in [4.78, 5) is 5.21. The molecular formula is C18H29N3. The predicted molar refractivity (Wildman–Crippen MR) is 88.7 cm³/mol. The van der Waals surface area contributed by atoms with Crippen LogP contribution in [0.5, 0.6) is 0 Å². The molecular weight excluding hydrogens is 258 g/mol. The zero-order valence-electron chi connectivity index (χ0n) is 13.1. The van der Waals surface area contributed by atoms with Crippen molar-refractivity contribution in [3.8, 4) is 0 Å². The normalized spacial score (nSPS) is 24.5. The molecule has 1 aromatic rings. The number of aryl methyl sites for hydroxylation is 1. The third kappa shape index (κ3) is 3.85. The molecule has 116 valence electrons. The van der Waals surface area contributed by atoms with Gasteiger partial charge in [-0.3, -0.25) is 0 Å². The molecule has 2 aliphatic rings. The summed E-state index contributed by atoms with van der Waals surface area (Å²) in [6, 6.07) is 9.09. The molecule has 2 N–H and O–H groups in total. The van der Waals surface area contributed by atoms with Crippen LogP contribution in [-0.4, -0.2) is 55.6 Å². The molecule has 0 aromatic heterocycles. The fourth-order valence-corrected chi connectivity index (χ4v) is 3.97. The first kappa shape index (κ1) is 15.0. The molecule has 1 saturated heterocycles. The number of benzene rings is 1. The first-order valence-electron chi connectivity index (χ1n) is 8.59. The first-order valence-corrected chi connectivity index (χ1v) is 8.59. The molecule has 1 atom stereocenters. The second-order valence-corrected chi connectivity index (χ2v) is 6.57. The minimum atomic E-state index is 0.746. The number of nitrogens with two attached hydrogens (primary N) is 1. The molecule has 3 nitrogen and oxygen atoms in total. The largest absolute Gasteiger partial charge is 0.329 e. The summed E-state index contributed by atoms with van der Waals surface area (Å²) in [6.45, 7) is 7.95. The van der Waals surface area contributed by atoms with Crippen LogP contribution >= 0.6 is 0 Å². The lowest BCUT2D eigenvalue weighted by Crippen LogP contribution is -2.35. The Hall–Kier alpha value is -0.900. The van der Waals surface area contributed by atoms with Crippen LogP contribution in [0.3, 0.4) is 0 Å². The van der Waals surface area contributed by atoms with Crippen molar-refractivity contribution < 1.29 is 0 Å². The quantitative estimate of drug-likeness (QED) is 0.920. The molecule has 0 bridgehead atoms. The summed E-state index contributed by atoms with van der Waals surface area (Å²) in [5.74, 6) is 0.746. The van der Waals surface area contributed by atoms with Gasteiger partial charge >= 0.3 is 0 Å². The van der Waals surface area contributed by atoms with Crippen LogP contribution in [0, 0.1) is 0 Å². The Bertz CT molecular complexity index is 446. The van der Waals surface area contributed by atoms with Gasteiger partial charge in [0, 0.05) is 32.7 Å².